The minimum Gasteiger partial charge on any atom is -0.508 e. The molecule has 0 spiro atoms. The smallest absolute Gasteiger partial charge is 0.255 e. The number of primary amides is 1. The first-order valence-corrected chi connectivity index (χ1v) is 13.9. The molecule has 212 valence electrons. The lowest BCUT2D eigenvalue weighted by Crippen LogP contribution is -2.65. The number of phenolic OH excluding ortho intramolecular Hbond substituents is 1. The van der Waals surface area contributed by atoms with Gasteiger partial charge in [0.2, 0.25) is 5.78 Å². The molecule has 0 bridgehead atoms. The number of likely N-dealkylation sites (N-methyl/N-ethyl adjacent to an activating group) is 1. The lowest BCUT2D eigenvalue weighted by molar-refractivity contribution is -0.153. The minimum atomic E-state index is -2.63. The number of hydrogen-bond acceptors (Lipinski definition) is 9. The first-order valence-electron chi connectivity index (χ1n) is 13.9. The molecule has 2 saturated carbocycles. The predicted octanol–water partition coefficient (Wildman–Crippen LogP) is 1.46. The van der Waals surface area contributed by atoms with Gasteiger partial charge >= 0.3 is 0 Å². The Morgan fingerprint density at radius 3 is 2.50 bits per heavy atom. The number of fused-ring (bicyclic) bond motifs is 3. The summed E-state index contributed by atoms with van der Waals surface area (Å²) in [4.78, 5) is 43.3. The number of benzene rings is 1. The van der Waals surface area contributed by atoms with E-state index in [2.05, 4.69) is 11.0 Å². The highest BCUT2D eigenvalue weighted by Crippen LogP contribution is 2.53. The first-order chi connectivity index (χ1) is 18.9. The van der Waals surface area contributed by atoms with Crippen molar-refractivity contribution in [1.82, 2.24) is 9.80 Å². The third-order valence-corrected chi connectivity index (χ3v) is 9.46. The van der Waals surface area contributed by atoms with Gasteiger partial charge in [-0.3, -0.25) is 24.2 Å². The van der Waals surface area contributed by atoms with Crippen LogP contribution in [0.4, 0.5) is 0 Å². The number of aromatic hydroxyl groups is 1. The summed E-state index contributed by atoms with van der Waals surface area (Å²) in [6, 6.07) is 2.24. The Balaban J connectivity index is 1.45. The second-order valence-corrected chi connectivity index (χ2v) is 12.1. The fourth-order valence-corrected chi connectivity index (χ4v) is 7.33. The molecule has 0 saturated heterocycles. The molecule has 1 aromatic carbocycles. The lowest BCUT2D eigenvalue weighted by atomic mass is 9.57. The molecule has 40 heavy (non-hydrogen) atoms. The van der Waals surface area contributed by atoms with Crippen LogP contribution >= 0.6 is 0 Å². The van der Waals surface area contributed by atoms with Crippen molar-refractivity contribution in [3.8, 4) is 5.75 Å². The molecular weight excluding hydrogens is 514 g/mol. The Labute approximate surface area is 232 Å². The van der Waals surface area contributed by atoms with Crippen LogP contribution in [0, 0.1) is 17.8 Å². The standard InChI is InChI=1S/C30H35N3O7/c1-32(2)24-19-12-16-11-18-17(15-7-9-33(10-8-15)13-14-3-4-14)5-6-20(34)22(18)25(35)21(16)27(37)30(19,40)28(38)23(26(24)36)29(31)39/h5-7,14,16,19,24,34-35,38,40H,3-4,8-13H2,1-2H3,(H2,31,39)/t16-,19-,24-,30-/m0/s1. The van der Waals surface area contributed by atoms with E-state index in [4.69, 9.17) is 5.73 Å². The van der Waals surface area contributed by atoms with Crippen LogP contribution in [0.15, 0.2) is 35.1 Å². The van der Waals surface area contributed by atoms with Gasteiger partial charge in [0.05, 0.1) is 11.6 Å². The van der Waals surface area contributed by atoms with Crippen LogP contribution in [0.5, 0.6) is 5.75 Å². The van der Waals surface area contributed by atoms with Crippen LogP contribution < -0.4 is 5.73 Å². The molecule has 1 heterocycles. The molecule has 0 unspecified atom stereocenters. The fourth-order valence-electron chi connectivity index (χ4n) is 7.33. The minimum absolute atomic E-state index is 0.0784. The third kappa shape index (κ3) is 3.84. The Bertz CT molecular complexity index is 1440. The van der Waals surface area contributed by atoms with Gasteiger partial charge in [-0.25, -0.2) is 0 Å². The molecule has 4 aliphatic carbocycles. The summed E-state index contributed by atoms with van der Waals surface area (Å²) in [7, 11) is 3.18. The zero-order chi connectivity index (χ0) is 28.7. The number of aliphatic hydroxyl groups excluding tert-OH is 2. The normalized spacial score (nSPS) is 30.7. The number of ketones is 2. The molecule has 0 radical (unpaired) electrons. The van der Waals surface area contributed by atoms with Gasteiger partial charge in [0, 0.05) is 31.1 Å². The number of aliphatic hydroxyl groups is 3. The van der Waals surface area contributed by atoms with E-state index in [1.54, 1.807) is 14.1 Å². The number of nitrogens with zero attached hydrogens (tertiary/aromatic N) is 2. The Morgan fingerprint density at radius 1 is 1.18 bits per heavy atom. The summed E-state index contributed by atoms with van der Waals surface area (Å²) in [6.07, 6.45) is 5.96. The van der Waals surface area contributed by atoms with E-state index in [9.17, 15) is 34.8 Å². The average molecular weight is 550 g/mol. The number of amides is 1. The van der Waals surface area contributed by atoms with Gasteiger partial charge in [0.25, 0.3) is 5.91 Å². The van der Waals surface area contributed by atoms with E-state index in [1.807, 2.05) is 6.07 Å². The average Bonchev–Trinajstić information content (AvgIpc) is 3.70. The summed E-state index contributed by atoms with van der Waals surface area (Å²) in [5.41, 5.74) is 4.67. The highest BCUT2D eigenvalue weighted by molar-refractivity contribution is 6.24. The predicted molar refractivity (Wildman–Crippen MR) is 146 cm³/mol. The van der Waals surface area contributed by atoms with Crippen molar-refractivity contribution in [3.05, 3.63) is 51.8 Å². The number of rotatable bonds is 5. The molecule has 5 aliphatic rings. The van der Waals surface area contributed by atoms with Crippen molar-refractivity contribution in [2.75, 3.05) is 33.7 Å². The molecule has 2 fully saturated rings. The number of Topliss-reactive ketones (excluding diaryl/α,β-unsaturated/α-hetero) is 2. The first kappa shape index (κ1) is 26.7. The molecule has 6 N–H and O–H groups in total. The molecule has 10 nitrogen and oxygen atoms in total. The topological polar surface area (TPSA) is 165 Å². The zero-order valence-electron chi connectivity index (χ0n) is 22.7. The molecule has 10 heteroatoms. The van der Waals surface area contributed by atoms with Crippen LogP contribution in [-0.2, 0) is 20.8 Å². The van der Waals surface area contributed by atoms with Crippen molar-refractivity contribution >= 4 is 28.8 Å². The highest BCUT2D eigenvalue weighted by atomic mass is 16.3. The Kier molecular flexibility index (Phi) is 6.21. The molecular formula is C30H35N3O7. The van der Waals surface area contributed by atoms with Crippen molar-refractivity contribution in [3.63, 3.8) is 0 Å². The van der Waals surface area contributed by atoms with Crippen LogP contribution in [0.3, 0.4) is 0 Å². The fraction of sp³-hybridized carbons (Fsp3) is 0.500. The number of phenols is 1. The molecule has 6 rings (SSSR count). The van der Waals surface area contributed by atoms with E-state index in [0.29, 0.717) is 12.0 Å². The van der Waals surface area contributed by atoms with E-state index in [0.717, 1.165) is 43.1 Å². The van der Waals surface area contributed by atoms with E-state index < -0.39 is 58.0 Å². The van der Waals surface area contributed by atoms with E-state index in [-0.39, 0.29) is 23.3 Å². The van der Waals surface area contributed by atoms with Gasteiger partial charge in [-0.1, -0.05) is 12.1 Å². The van der Waals surface area contributed by atoms with Crippen LogP contribution in [0.1, 0.15) is 42.4 Å². The summed E-state index contributed by atoms with van der Waals surface area (Å²) >= 11 is 0. The largest absolute Gasteiger partial charge is 0.508 e. The SMILES string of the molecule is CN(C)[C@@H]1C(=O)C(C(N)=O)=C(O)[C@@]2(O)C(=O)C3=C(O)c4c(O)ccc(C5=CCN(CC6CC6)CC5)c4C[C@H]3C[C@@H]12. The monoisotopic (exact) mass is 549 g/mol. The van der Waals surface area contributed by atoms with Crippen LogP contribution in [0.25, 0.3) is 11.3 Å². The maximum Gasteiger partial charge on any atom is 0.255 e. The second kappa shape index (κ2) is 9.29. The summed E-state index contributed by atoms with van der Waals surface area (Å²) in [5, 5.41) is 45.0. The van der Waals surface area contributed by atoms with Gasteiger partial charge in [-0.15, -0.1) is 0 Å². The Morgan fingerprint density at radius 2 is 1.90 bits per heavy atom. The van der Waals surface area contributed by atoms with Gasteiger partial charge in [0.15, 0.2) is 11.4 Å². The summed E-state index contributed by atoms with van der Waals surface area (Å²) in [5.74, 6) is -5.61. The lowest BCUT2D eigenvalue weighted by Gasteiger charge is -2.50. The Hall–Kier alpha value is -3.47. The maximum absolute atomic E-state index is 14.0. The molecule has 4 atom stereocenters. The van der Waals surface area contributed by atoms with E-state index >= 15 is 0 Å². The number of carbonyl (C=O) groups excluding carboxylic acids is 3. The summed E-state index contributed by atoms with van der Waals surface area (Å²) < 4.78 is 0. The second-order valence-electron chi connectivity index (χ2n) is 12.1. The van der Waals surface area contributed by atoms with Crippen LogP contribution in [0.2, 0.25) is 0 Å². The number of nitrogens with two attached hydrogens (primary N) is 1. The van der Waals surface area contributed by atoms with Crippen LogP contribution in [-0.4, -0.2) is 93.1 Å². The number of carbonyl (C=O) groups is 3. The van der Waals surface area contributed by atoms with Gasteiger partial charge in [0.1, 0.15) is 22.8 Å². The molecule has 0 aromatic heterocycles. The van der Waals surface area contributed by atoms with Crippen molar-refractivity contribution in [2.24, 2.45) is 23.5 Å². The van der Waals surface area contributed by atoms with Gasteiger partial charge < -0.3 is 26.2 Å². The van der Waals surface area contributed by atoms with Crippen molar-refractivity contribution in [1.29, 1.82) is 0 Å². The third-order valence-electron chi connectivity index (χ3n) is 9.46. The van der Waals surface area contributed by atoms with Crippen molar-refractivity contribution < 1.29 is 34.8 Å². The molecule has 1 aliphatic heterocycles. The molecule has 1 amide bonds. The highest BCUT2D eigenvalue weighted by Gasteiger charge is 2.64. The number of hydrogen-bond donors (Lipinski definition) is 5. The molecule has 1 aromatic rings. The maximum atomic E-state index is 14.0. The van der Waals surface area contributed by atoms with Crippen molar-refractivity contribution in [2.45, 2.75) is 43.7 Å². The van der Waals surface area contributed by atoms with E-state index in [1.165, 1.54) is 23.8 Å². The van der Waals surface area contributed by atoms with Gasteiger partial charge in [-0.05, 0) is 80.8 Å². The van der Waals surface area contributed by atoms with Gasteiger partial charge in [-0.2, -0.15) is 0 Å². The quantitative estimate of drug-likeness (QED) is 0.342. The summed E-state index contributed by atoms with van der Waals surface area (Å²) in [6.45, 7) is 2.85. The zero-order valence-corrected chi connectivity index (χ0v) is 22.7.